The average Bonchev–Trinajstić information content (AvgIpc) is 2.92. The molecule has 0 aliphatic heterocycles. The molecule has 3 nitrogen and oxygen atoms in total. The van der Waals surface area contributed by atoms with Crippen molar-refractivity contribution in [3.05, 3.63) is 18.2 Å². The largest absolute Gasteiger partial charge is 0.489 e. The number of ether oxygens (including phenoxy) is 1. The van der Waals surface area contributed by atoms with Gasteiger partial charge in [-0.05, 0) is 44.7 Å². The van der Waals surface area contributed by atoms with Gasteiger partial charge in [-0.15, -0.1) is 0 Å². The van der Waals surface area contributed by atoms with Crippen LogP contribution in [0.4, 0.5) is 11.4 Å². The zero-order valence-electron chi connectivity index (χ0n) is 13.9. The maximum Gasteiger partial charge on any atom is 0.144 e. The van der Waals surface area contributed by atoms with Crippen LogP contribution in [0.25, 0.3) is 0 Å². The van der Waals surface area contributed by atoms with Crippen LogP contribution in [-0.4, -0.2) is 18.7 Å². The fourth-order valence-electron chi connectivity index (χ4n) is 3.13. The predicted molar refractivity (Wildman–Crippen MR) is 91.1 cm³/mol. The molecule has 3 heteroatoms. The van der Waals surface area contributed by atoms with Crippen LogP contribution >= 0.6 is 0 Å². The molecule has 0 heterocycles. The second-order valence-electron chi connectivity index (χ2n) is 6.87. The normalized spacial score (nSPS) is 15.9. The first-order chi connectivity index (χ1) is 9.97. The first-order valence-corrected chi connectivity index (χ1v) is 8.30. The first-order valence-electron chi connectivity index (χ1n) is 8.30. The minimum Gasteiger partial charge on any atom is -0.489 e. The van der Waals surface area contributed by atoms with Gasteiger partial charge in [-0.25, -0.2) is 0 Å². The zero-order valence-corrected chi connectivity index (χ0v) is 13.9. The maximum absolute atomic E-state index is 6.05. The van der Waals surface area contributed by atoms with Crippen molar-refractivity contribution in [1.29, 1.82) is 0 Å². The Morgan fingerprint density at radius 1 is 1.19 bits per heavy atom. The minimum absolute atomic E-state index is 0.146. The summed E-state index contributed by atoms with van der Waals surface area (Å²) in [6.07, 6.45) is 5.45. The third-order valence-corrected chi connectivity index (χ3v) is 4.02. The molecule has 1 saturated carbocycles. The van der Waals surface area contributed by atoms with Crippen LogP contribution in [0.1, 0.15) is 53.4 Å². The van der Waals surface area contributed by atoms with Gasteiger partial charge in [-0.2, -0.15) is 0 Å². The Hall–Kier alpha value is -1.38. The lowest BCUT2D eigenvalue weighted by Gasteiger charge is -2.33. The molecule has 2 N–H and O–H groups in total. The molecule has 0 spiro atoms. The van der Waals surface area contributed by atoms with E-state index >= 15 is 0 Å². The van der Waals surface area contributed by atoms with E-state index in [1.807, 2.05) is 19.9 Å². The van der Waals surface area contributed by atoms with Gasteiger partial charge in [-0.3, -0.25) is 0 Å². The van der Waals surface area contributed by atoms with Gasteiger partial charge in [-0.1, -0.05) is 26.7 Å². The van der Waals surface area contributed by atoms with E-state index in [9.17, 15) is 0 Å². The lowest BCUT2D eigenvalue weighted by molar-refractivity contribution is 0.244. The first kappa shape index (κ1) is 16.0. The molecular weight excluding hydrogens is 260 g/mol. The predicted octanol–water partition coefficient (Wildman–Crippen LogP) is 4.46. The molecule has 1 aromatic rings. The smallest absolute Gasteiger partial charge is 0.144 e. The van der Waals surface area contributed by atoms with Gasteiger partial charge in [0.15, 0.2) is 0 Å². The molecule has 21 heavy (non-hydrogen) atoms. The quantitative estimate of drug-likeness (QED) is 0.786. The zero-order chi connectivity index (χ0) is 15.4. The highest BCUT2D eigenvalue weighted by Gasteiger charge is 2.24. The van der Waals surface area contributed by atoms with E-state index in [1.165, 1.54) is 31.4 Å². The fourth-order valence-corrected chi connectivity index (χ4v) is 3.13. The van der Waals surface area contributed by atoms with Gasteiger partial charge in [0.25, 0.3) is 0 Å². The van der Waals surface area contributed by atoms with Crippen LogP contribution in [0.2, 0.25) is 0 Å². The van der Waals surface area contributed by atoms with Gasteiger partial charge < -0.3 is 15.4 Å². The monoisotopic (exact) mass is 290 g/mol. The summed E-state index contributed by atoms with van der Waals surface area (Å²) in [5, 5.41) is 0. The molecule has 0 bridgehead atoms. The Labute approximate surface area is 129 Å². The van der Waals surface area contributed by atoms with Gasteiger partial charge in [0.2, 0.25) is 0 Å². The van der Waals surface area contributed by atoms with Crippen LogP contribution in [0.15, 0.2) is 18.2 Å². The lowest BCUT2D eigenvalue weighted by Crippen LogP contribution is -2.36. The standard InChI is InChI=1S/C18H30N2O/c1-13(2)12-20(15-7-5-6-8-15)16-9-10-17(19)18(11-16)21-14(3)4/h9-11,13-15H,5-8,12,19H2,1-4H3. The summed E-state index contributed by atoms with van der Waals surface area (Å²) in [5.74, 6) is 1.46. The van der Waals surface area contributed by atoms with Crippen molar-refractivity contribution < 1.29 is 4.74 Å². The number of nitrogens with zero attached hydrogens (tertiary/aromatic N) is 1. The SMILES string of the molecule is CC(C)CN(c1ccc(N)c(OC(C)C)c1)C1CCCC1. The summed E-state index contributed by atoms with van der Waals surface area (Å²) in [7, 11) is 0. The van der Waals surface area contributed by atoms with Gasteiger partial charge in [0, 0.05) is 24.3 Å². The summed E-state index contributed by atoms with van der Waals surface area (Å²) in [6.45, 7) is 9.73. The minimum atomic E-state index is 0.146. The Bertz CT molecular complexity index is 451. The van der Waals surface area contributed by atoms with E-state index < -0.39 is 0 Å². The lowest BCUT2D eigenvalue weighted by atomic mass is 10.1. The summed E-state index contributed by atoms with van der Waals surface area (Å²) in [6, 6.07) is 6.91. The molecule has 1 aliphatic carbocycles. The molecule has 0 atom stereocenters. The van der Waals surface area contributed by atoms with Crippen LogP contribution in [0.3, 0.4) is 0 Å². The summed E-state index contributed by atoms with van der Waals surface area (Å²) >= 11 is 0. The number of nitrogens with two attached hydrogens (primary N) is 1. The van der Waals surface area contributed by atoms with E-state index in [1.54, 1.807) is 0 Å². The fraction of sp³-hybridized carbons (Fsp3) is 0.667. The van der Waals surface area contributed by atoms with Crippen LogP contribution in [-0.2, 0) is 0 Å². The molecule has 1 fully saturated rings. The number of rotatable bonds is 6. The molecule has 2 rings (SSSR count). The highest BCUT2D eigenvalue weighted by atomic mass is 16.5. The number of nitrogen functional groups attached to an aromatic ring is 1. The molecule has 0 amide bonds. The van der Waals surface area contributed by atoms with E-state index in [4.69, 9.17) is 10.5 Å². The molecule has 118 valence electrons. The van der Waals surface area contributed by atoms with Gasteiger partial charge in [0.05, 0.1) is 11.8 Å². The highest BCUT2D eigenvalue weighted by Crippen LogP contribution is 2.33. The topological polar surface area (TPSA) is 38.5 Å². The number of benzene rings is 1. The highest BCUT2D eigenvalue weighted by molar-refractivity contribution is 5.62. The Balaban J connectivity index is 2.25. The molecule has 0 saturated heterocycles. The van der Waals surface area contributed by atoms with Crippen LogP contribution in [0.5, 0.6) is 5.75 Å². The van der Waals surface area contributed by atoms with Crippen molar-refractivity contribution in [2.24, 2.45) is 5.92 Å². The summed E-state index contributed by atoms with van der Waals surface area (Å²) in [5.41, 5.74) is 8.02. The molecule has 1 aromatic carbocycles. The van der Waals surface area contributed by atoms with Crippen LogP contribution < -0.4 is 15.4 Å². The van der Waals surface area contributed by atoms with Crippen molar-refractivity contribution in [2.45, 2.75) is 65.5 Å². The Kier molecular flexibility index (Phi) is 5.38. The third kappa shape index (κ3) is 4.29. The molecular formula is C18H30N2O. The van der Waals surface area contributed by atoms with Crippen molar-refractivity contribution >= 4 is 11.4 Å². The van der Waals surface area contributed by atoms with E-state index in [0.717, 1.165) is 18.0 Å². The van der Waals surface area contributed by atoms with E-state index in [-0.39, 0.29) is 6.10 Å². The second-order valence-corrected chi connectivity index (χ2v) is 6.87. The Morgan fingerprint density at radius 3 is 2.43 bits per heavy atom. The number of hydrogen-bond acceptors (Lipinski definition) is 3. The number of hydrogen-bond donors (Lipinski definition) is 1. The third-order valence-electron chi connectivity index (χ3n) is 4.02. The molecule has 0 unspecified atom stereocenters. The molecule has 0 aromatic heterocycles. The molecule has 0 radical (unpaired) electrons. The van der Waals surface area contributed by atoms with Crippen molar-refractivity contribution in [1.82, 2.24) is 0 Å². The van der Waals surface area contributed by atoms with Gasteiger partial charge >= 0.3 is 0 Å². The maximum atomic E-state index is 6.05. The average molecular weight is 290 g/mol. The summed E-state index contributed by atoms with van der Waals surface area (Å²) < 4.78 is 5.85. The molecule has 1 aliphatic rings. The van der Waals surface area contributed by atoms with E-state index in [0.29, 0.717) is 12.0 Å². The van der Waals surface area contributed by atoms with Gasteiger partial charge in [0.1, 0.15) is 5.75 Å². The number of anilines is 2. The van der Waals surface area contributed by atoms with Crippen molar-refractivity contribution in [3.63, 3.8) is 0 Å². The second kappa shape index (κ2) is 7.06. The van der Waals surface area contributed by atoms with Crippen molar-refractivity contribution in [2.75, 3.05) is 17.2 Å². The summed E-state index contributed by atoms with van der Waals surface area (Å²) in [4.78, 5) is 2.56. The van der Waals surface area contributed by atoms with E-state index in [2.05, 4.69) is 30.9 Å². The van der Waals surface area contributed by atoms with Crippen molar-refractivity contribution in [3.8, 4) is 5.75 Å². The Morgan fingerprint density at radius 2 is 1.86 bits per heavy atom. The van der Waals surface area contributed by atoms with Crippen LogP contribution in [0, 0.1) is 5.92 Å².